The molecule has 0 spiro atoms. The summed E-state index contributed by atoms with van der Waals surface area (Å²) < 4.78 is 16.4. The minimum atomic E-state index is 0.156. The van der Waals surface area contributed by atoms with Gasteiger partial charge < -0.3 is 19.9 Å². The fraction of sp³-hybridized carbons (Fsp3) is 0.368. The Labute approximate surface area is 141 Å². The molecule has 2 atom stereocenters. The Bertz CT molecular complexity index is 720. The minimum Gasteiger partial charge on any atom is -0.493 e. The van der Waals surface area contributed by atoms with Gasteiger partial charge in [-0.3, -0.25) is 4.90 Å². The van der Waals surface area contributed by atoms with Crippen molar-refractivity contribution in [2.24, 2.45) is 5.73 Å². The van der Waals surface area contributed by atoms with Crippen LogP contribution >= 0.6 is 0 Å². The predicted molar refractivity (Wildman–Crippen MR) is 91.6 cm³/mol. The van der Waals surface area contributed by atoms with Gasteiger partial charge in [0.25, 0.3) is 0 Å². The molecule has 2 aliphatic rings. The summed E-state index contributed by atoms with van der Waals surface area (Å²) in [5.41, 5.74) is 8.86. The van der Waals surface area contributed by atoms with E-state index in [1.807, 2.05) is 18.2 Å². The molecule has 2 aliphatic heterocycles. The summed E-state index contributed by atoms with van der Waals surface area (Å²) in [4.78, 5) is 2.39. The summed E-state index contributed by atoms with van der Waals surface area (Å²) in [7, 11) is 1.65. The van der Waals surface area contributed by atoms with Crippen LogP contribution in [0.2, 0.25) is 0 Å². The van der Waals surface area contributed by atoms with Gasteiger partial charge in [-0.05, 0) is 23.3 Å². The van der Waals surface area contributed by atoms with Crippen LogP contribution in [-0.4, -0.2) is 37.9 Å². The zero-order valence-electron chi connectivity index (χ0n) is 13.8. The van der Waals surface area contributed by atoms with Crippen LogP contribution in [0, 0.1) is 0 Å². The van der Waals surface area contributed by atoms with E-state index < -0.39 is 0 Å². The monoisotopic (exact) mass is 326 g/mol. The lowest BCUT2D eigenvalue weighted by Crippen LogP contribution is -2.28. The second kappa shape index (κ2) is 6.34. The van der Waals surface area contributed by atoms with E-state index in [9.17, 15) is 0 Å². The van der Waals surface area contributed by atoms with Crippen molar-refractivity contribution in [3.8, 4) is 17.2 Å². The predicted octanol–water partition coefficient (Wildman–Crippen LogP) is 2.35. The second-order valence-corrected chi connectivity index (χ2v) is 6.41. The molecule has 2 aromatic carbocycles. The van der Waals surface area contributed by atoms with E-state index in [0.717, 1.165) is 36.7 Å². The molecule has 0 saturated carbocycles. The first-order chi connectivity index (χ1) is 11.7. The summed E-state index contributed by atoms with van der Waals surface area (Å²) in [6.45, 7) is 2.92. The first-order valence-electron chi connectivity index (χ1n) is 8.24. The molecule has 5 heteroatoms. The maximum absolute atomic E-state index is 6.39. The van der Waals surface area contributed by atoms with Gasteiger partial charge in [0.15, 0.2) is 11.5 Å². The number of hydrogen-bond donors (Lipinski definition) is 1. The Morgan fingerprint density at radius 1 is 1.17 bits per heavy atom. The Morgan fingerprint density at radius 2 is 2.00 bits per heavy atom. The van der Waals surface area contributed by atoms with Crippen molar-refractivity contribution in [3.63, 3.8) is 0 Å². The first kappa shape index (κ1) is 15.3. The molecule has 0 aromatic heterocycles. The van der Waals surface area contributed by atoms with Crippen LogP contribution in [0.25, 0.3) is 0 Å². The fourth-order valence-electron chi connectivity index (χ4n) is 3.63. The van der Waals surface area contributed by atoms with Crippen molar-refractivity contribution in [1.29, 1.82) is 0 Å². The average molecular weight is 326 g/mol. The zero-order chi connectivity index (χ0) is 16.5. The van der Waals surface area contributed by atoms with Gasteiger partial charge in [0.2, 0.25) is 12.5 Å². The number of hydrogen-bond acceptors (Lipinski definition) is 5. The summed E-state index contributed by atoms with van der Waals surface area (Å²) in [5.74, 6) is 2.55. The molecule has 2 heterocycles. The highest BCUT2D eigenvalue weighted by Crippen LogP contribution is 2.42. The van der Waals surface area contributed by atoms with Gasteiger partial charge in [-0.2, -0.15) is 0 Å². The third-order valence-electron chi connectivity index (χ3n) is 4.79. The Kier molecular flexibility index (Phi) is 4.04. The van der Waals surface area contributed by atoms with Gasteiger partial charge in [-0.15, -0.1) is 0 Å². The normalized spacial score (nSPS) is 22.8. The van der Waals surface area contributed by atoms with Gasteiger partial charge in [-0.1, -0.05) is 30.3 Å². The summed E-state index contributed by atoms with van der Waals surface area (Å²) in [6, 6.07) is 14.7. The zero-order valence-corrected chi connectivity index (χ0v) is 13.8. The minimum absolute atomic E-state index is 0.156. The lowest BCUT2D eigenvalue weighted by atomic mass is 9.95. The average Bonchev–Trinajstić information content (AvgIpc) is 3.21. The van der Waals surface area contributed by atoms with Crippen LogP contribution in [0.5, 0.6) is 17.2 Å². The van der Waals surface area contributed by atoms with Crippen LogP contribution in [0.1, 0.15) is 17.0 Å². The van der Waals surface area contributed by atoms with Crippen LogP contribution in [0.15, 0.2) is 42.5 Å². The van der Waals surface area contributed by atoms with Gasteiger partial charge in [0, 0.05) is 31.6 Å². The lowest BCUT2D eigenvalue weighted by Gasteiger charge is -2.17. The van der Waals surface area contributed by atoms with Crippen LogP contribution in [-0.2, 0) is 6.54 Å². The number of ether oxygens (including phenoxy) is 3. The van der Waals surface area contributed by atoms with Crippen LogP contribution in [0.4, 0.5) is 0 Å². The quantitative estimate of drug-likeness (QED) is 0.935. The highest BCUT2D eigenvalue weighted by molar-refractivity contribution is 5.55. The number of methoxy groups -OCH3 is 1. The molecular formula is C19H22N2O3. The summed E-state index contributed by atoms with van der Waals surface area (Å²) >= 11 is 0. The van der Waals surface area contributed by atoms with Crippen LogP contribution < -0.4 is 19.9 Å². The standard InChI is InChI=1S/C19H22N2O3/c1-22-17-7-13(8-18-19(17)24-12-23-18)9-21-10-15(16(20)11-21)14-5-3-2-4-6-14/h2-8,15-16H,9-12,20H2,1H3/t15-,16+/m0/s1. The van der Waals surface area contributed by atoms with Gasteiger partial charge >= 0.3 is 0 Å². The molecule has 4 rings (SSSR count). The van der Waals surface area contributed by atoms with E-state index in [0.29, 0.717) is 11.7 Å². The van der Waals surface area contributed by atoms with Crippen molar-refractivity contribution in [2.45, 2.75) is 18.5 Å². The van der Waals surface area contributed by atoms with Crippen molar-refractivity contribution in [2.75, 3.05) is 27.0 Å². The number of nitrogens with two attached hydrogens (primary N) is 1. The molecule has 0 amide bonds. The van der Waals surface area contributed by atoms with Crippen LogP contribution in [0.3, 0.4) is 0 Å². The van der Waals surface area contributed by atoms with Crippen molar-refractivity contribution in [1.82, 2.24) is 4.90 Å². The molecular weight excluding hydrogens is 304 g/mol. The number of fused-ring (bicyclic) bond motifs is 1. The van der Waals surface area contributed by atoms with E-state index >= 15 is 0 Å². The highest BCUT2D eigenvalue weighted by Gasteiger charge is 2.31. The lowest BCUT2D eigenvalue weighted by molar-refractivity contribution is 0.171. The van der Waals surface area contributed by atoms with E-state index in [2.05, 4.69) is 29.2 Å². The number of nitrogens with zero attached hydrogens (tertiary/aromatic N) is 1. The molecule has 5 nitrogen and oxygen atoms in total. The topological polar surface area (TPSA) is 57.0 Å². The summed E-state index contributed by atoms with van der Waals surface area (Å²) in [6.07, 6.45) is 0. The second-order valence-electron chi connectivity index (χ2n) is 6.41. The maximum Gasteiger partial charge on any atom is 0.231 e. The molecule has 0 unspecified atom stereocenters. The number of rotatable bonds is 4. The van der Waals surface area contributed by atoms with Crippen molar-refractivity contribution in [3.05, 3.63) is 53.6 Å². The maximum atomic E-state index is 6.39. The van der Waals surface area contributed by atoms with E-state index in [1.165, 1.54) is 5.56 Å². The van der Waals surface area contributed by atoms with E-state index in [1.54, 1.807) is 7.11 Å². The smallest absolute Gasteiger partial charge is 0.231 e. The van der Waals surface area contributed by atoms with E-state index in [-0.39, 0.29) is 12.8 Å². The van der Waals surface area contributed by atoms with Gasteiger partial charge in [0.05, 0.1) is 7.11 Å². The third kappa shape index (κ3) is 2.81. The summed E-state index contributed by atoms with van der Waals surface area (Å²) in [5, 5.41) is 0. The van der Waals surface area contributed by atoms with Gasteiger partial charge in [-0.25, -0.2) is 0 Å². The van der Waals surface area contributed by atoms with Crippen molar-refractivity contribution < 1.29 is 14.2 Å². The number of benzene rings is 2. The largest absolute Gasteiger partial charge is 0.493 e. The van der Waals surface area contributed by atoms with Crippen molar-refractivity contribution >= 4 is 0 Å². The molecule has 0 bridgehead atoms. The molecule has 2 N–H and O–H groups in total. The molecule has 0 aliphatic carbocycles. The Morgan fingerprint density at radius 3 is 2.79 bits per heavy atom. The first-order valence-corrected chi connectivity index (χ1v) is 8.24. The molecule has 24 heavy (non-hydrogen) atoms. The number of likely N-dealkylation sites (tertiary alicyclic amines) is 1. The van der Waals surface area contributed by atoms with Gasteiger partial charge in [0.1, 0.15) is 0 Å². The molecule has 1 fully saturated rings. The Balaban J connectivity index is 1.51. The Hall–Kier alpha value is -2.24. The molecule has 126 valence electrons. The third-order valence-corrected chi connectivity index (χ3v) is 4.79. The fourth-order valence-corrected chi connectivity index (χ4v) is 3.63. The molecule has 2 aromatic rings. The SMILES string of the molecule is COc1cc(CN2C[C@@H](N)[C@H](c3ccccc3)C2)cc2c1OCO2. The van der Waals surface area contributed by atoms with E-state index in [4.69, 9.17) is 19.9 Å². The molecule has 0 radical (unpaired) electrons. The highest BCUT2D eigenvalue weighted by atomic mass is 16.7. The molecule has 1 saturated heterocycles.